The molecular weight excluding hydrogens is 366 g/mol. The van der Waals surface area contributed by atoms with E-state index in [0.29, 0.717) is 18.4 Å². The molecule has 1 heterocycles. The van der Waals surface area contributed by atoms with E-state index in [0.717, 1.165) is 34.6 Å². The van der Waals surface area contributed by atoms with Crippen molar-refractivity contribution >= 4 is 5.97 Å². The average molecular weight is 389 g/mol. The van der Waals surface area contributed by atoms with E-state index >= 15 is 0 Å². The van der Waals surface area contributed by atoms with Crippen LogP contribution in [0.4, 0.5) is 0 Å². The summed E-state index contributed by atoms with van der Waals surface area (Å²) in [6.45, 7) is 3.18. The molecule has 0 spiro atoms. The van der Waals surface area contributed by atoms with Crippen LogP contribution in [0.2, 0.25) is 0 Å². The van der Waals surface area contributed by atoms with Crippen molar-refractivity contribution in [3.05, 3.63) is 77.5 Å². The number of carbonyl (C=O) groups is 1. The van der Waals surface area contributed by atoms with Crippen molar-refractivity contribution < 1.29 is 19.4 Å². The number of aromatic nitrogens is 1. The van der Waals surface area contributed by atoms with Crippen molar-refractivity contribution in [3.63, 3.8) is 0 Å². The molecule has 29 heavy (non-hydrogen) atoms. The van der Waals surface area contributed by atoms with Gasteiger partial charge in [0, 0.05) is 17.8 Å². The van der Waals surface area contributed by atoms with Gasteiger partial charge in [0.05, 0.1) is 12.2 Å². The van der Waals surface area contributed by atoms with Crippen LogP contribution in [0.3, 0.4) is 0 Å². The fourth-order valence-corrected chi connectivity index (χ4v) is 3.06. The summed E-state index contributed by atoms with van der Waals surface area (Å²) < 4.78 is 11.7. The maximum atomic E-state index is 10.9. The first-order chi connectivity index (χ1) is 14.1. The van der Waals surface area contributed by atoms with Gasteiger partial charge in [-0.2, -0.15) is 0 Å². The molecule has 1 N–H and O–H groups in total. The van der Waals surface area contributed by atoms with Crippen molar-refractivity contribution in [2.24, 2.45) is 5.92 Å². The zero-order chi connectivity index (χ0) is 20.2. The Hall–Kier alpha value is -3.34. The number of ether oxygens (including phenoxy) is 2. The monoisotopic (exact) mass is 389 g/mol. The van der Waals surface area contributed by atoms with Crippen LogP contribution in [0.15, 0.2) is 60.8 Å². The number of pyridine rings is 1. The lowest BCUT2D eigenvalue weighted by molar-refractivity contribution is 0.0697. The van der Waals surface area contributed by atoms with Crippen LogP contribution in [0.25, 0.3) is 11.1 Å². The fraction of sp³-hybridized carbons (Fsp3) is 0.250. The van der Waals surface area contributed by atoms with Gasteiger partial charge in [-0.3, -0.25) is 0 Å². The number of aryl methyl sites for hydroxylation is 1. The summed E-state index contributed by atoms with van der Waals surface area (Å²) in [6.07, 6.45) is 4.36. The van der Waals surface area contributed by atoms with Crippen LogP contribution in [0, 0.1) is 12.8 Å². The number of carboxylic acids is 1. The Labute approximate surface area is 169 Å². The van der Waals surface area contributed by atoms with Crippen LogP contribution < -0.4 is 9.47 Å². The number of hydrogen-bond acceptors (Lipinski definition) is 4. The van der Waals surface area contributed by atoms with Crippen LogP contribution >= 0.6 is 0 Å². The van der Waals surface area contributed by atoms with Gasteiger partial charge in [0.15, 0.2) is 0 Å². The zero-order valence-corrected chi connectivity index (χ0v) is 16.3. The highest BCUT2D eigenvalue weighted by Crippen LogP contribution is 2.31. The van der Waals surface area contributed by atoms with Gasteiger partial charge >= 0.3 is 5.97 Å². The average Bonchev–Trinajstić information content (AvgIpc) is 3.56. The van der Waals surface area contributed by atoms with Crippen LogP contribution in [0.5, 0.6) is 11.6 Å². The highest BCUT2D eigenvalue weighted by molar-refractivity contribution is 5.87. The van der Waals surface area contributed by atoms with Crippen molar-refractivity contribution in [2.45, 2.75) is 26.4 Å². The molecule has 5 nitrogen and oxygen atoms in total. The van der Waals surface area contributed by atoms with Crippen molar-refractivity contribution in [1.82, 2.24) is 4.98 Å². The smallest absolute Gasteiger partial charge is 0.335 e. The molecular formula is C24H23NO4. The minimum Gasteiger partial charge on any atom is -0.489 e. The first kappa shape index (κ1) is 19.0. The predicted molar refractivity (Wildman–Crippen MR) is 110 cm³/mol. The molecule has 2 aromatic carbocycles. The maximum Gasteiger partial charge on any atom is 0.335 e. The molecule has 3 aromatic rings. The molecule has 0 atom stereocenters. The largest absolute Gasteiger partial charge is 0.489 e. The van der Waals surface area contributed by atoms with E-state index < -0.39 is 5.97 Å². The Bertz CT molecular complexity index is 1010. The first-order valence-corrected chi connectivity index (χ1v) is 9.73. The summed E-state index contributed by atoms with van der Waals surface area (Å²) in [7, 11) is 0. The van der Waals surface area contributed by atoms with Gasteiger partial charge in [-0.25, -0.2) is 9.78 Å². The number of rotatable bonds is 8. The van der Waals surface area contributed by atoms with Crippen molar-refractivity contribution in [1.29, 1.82) is 0 Å². The second-order valence-corrected chi connectivity index (χ2v) is 7.41. The molecule has 0 bridgehead atoms. The molecule has 0 amide bonds. The van der Waals surface area contributed by atoms with Gasteiger partial charge in [0.1, 0.15) is 12.4 Å². The predicted octanol–water partition coefficient (Wildman–Crippen LogP) is 5.12. The van der Waals surface area contributed by atoms with Crippen molar-refractivity contribution in [3.8, 4) is 22.8 Å². The van der Waals surface area contributed by atoms with Gasteiger partial charge in [-0.1, -0.05) is 24.3 Å². The highest BCUT2D eigenvalue weighted by Gasteiger charge is 2.22. The Balaban J connectivity index is 1.43. The van der Waals surface area contributed by atoms with E-state index in [1.165, 1.54) is 12.8 Å². The lowest BCUT2D eigenvalue weighted by Gasteiger charge is -2.11. The molecule has 148 valence electrons. The van der Waals surface area contributed by atoms with E-state index in [1.807, 2.05) is 36.5 Å². The normalized spacial score (nSPS) is 13.1. The van der Waals surface area contributed by atoms with Gasteiger partial charge < -0.3 is 14.6 Å². The van der Waals surface area contributed by atoms with E-state index in [4.69, 9.17) is 14.6 Å². The van der Waals surface area contributed by atoms with Crippen LogP contribution in [-0.4, -0.2) is 22.7 Å². The Morgan fingerprint density at radius 2 is 1.90 bits per heavy atom. The number of benzene rings is 2. The number of aromatic carboxylic acids is 1. The number of carboxylic acid groups (broad SMARTS) is 1. The van der Waals surface area contributed by atoms with Crippen LogP contribution in [0.1, 0.15) is 34.3 Å². The SMILES string of the molecule is Cc1cc(OCC2CC2)ncc1-c1cccc(OCc2ccc(C(=O)O)cc2)c1. The summed E-state index contributed by atoms with van der Waals surface area (Å²) >= 11 is 0. The minimum atomic E-state index is -0.932. The van der Waals surface area contributed by atoms with Gasteiger partial charge in [-0.05, 0) is 66.6 Å². The number of hydrogen-bond donors (Lipinski definition) is 1. The number of nitrogens with zero attached hydrogens (tertiary/aromatic N) is 1. The molecule has 1 aromatic heterocycles. The fourth-order valence-electron chi connectivity index (χ4n) is 3.06. The Morgan fingerprint density at radius 1 is 1.10 bits per heavy atom. The summed E-state index contributed by atoms with van der Waals surface area (Å²) in [5.41, 5.74) is 4.36. The lowest BCUT2D eigenvalue weighted by atomic mass is 10.0. The molecule has 0 saturated heterocycles. The topological polar surface area (TPSA) is 68.7 Å². The van der Waals surface area contributed by atoms with E-state index in [9.17, 15) is 4.79 Å². The van der Waals surface area contributed by atoms with Crippen molar-refractivity contribution in [2.75, 3.05) is 6.61 Å². The molecule has 0 radical (unpaired) electrons. The maximum absolute atomic E-state index is 10.9. The Kier molecular flexibility index (Phi) is 5.47. The summed E-state index contributed by atoms with van der Waals surface area (Å²) in [4.78, 5) is 15.4. The summed E-state index contributed by atoms with van der Waals surface area (Å²) in [6, 6.07) is 16.6. The molecule has 1 saturated carbocycles. The standard InChI is InChI=1S/C24H23NO4/c1-16-11-23(29-15-17-5-6-17)25-13-22(16)20-3-2-4-21(12-20)28-14-18-7-9-19(10-8-18)24(26)27/h2-4,7-13,17H,5-6,14-15H2,1H3,(H,26,27). The van der Waals surface area contributed by atoms with Gasteiger partial charge in [0.2, 0.25) is 5.88 Å². The van der Waals surface area contributed by atoms with E-state index in [1.54, 1.807) is 24.3 Å². The highest BCUT2D eigenvalue weighted by atomic mass is 16.5. The quantitative estimate of drug-likeness (QED) is 0.579. The minimum absolute atomic E-state index is 0.267. The third-order valence-electron chi connectivity index (χ3n) is 5.00. The Morgan fingerprint density at radius 3 is 2.59 bits per heavy atom. The third kappa shape index (κ3) is 4.93. The van der Waals surface area contributed by atoms with Gasteiger partial charge in [-0.15, -0.1) is 0 Å². The molecule has 0 aliphatic heterocycles. The molecule has 1 fully saturated rings. The van der Waals surface area contributed by atoms with Gasteiger partial charge in [0.25, 0.3) is 0 Å². The third-order valence-corrected chi connectivity index (χ3v) is 5.00. The lowest BCUT2D eigenvalue weighted by Crippen LogP contribution is -2.01. The molecule has 1 aliphatic rings. The molecule has 5 heteroatoms. The summed E-state index contributed by atoms with van der Waals surface area (Å²) in [5, 5.41) is 8.97. The summed E-state index contributed by atoms with van der Waals surface area (Å²) in [5.74, 6) is 1.19. The second kappa shape index (κ2) is 8.35. The molecule has 1 aliphatic carbocycles. The second-order valence-electron chi connectivity index (χ2n) is 7.41. The zero-order valence-electron chi connectivity index (χ0n) is 16.3. The van der Waals surface area contributed by atoms with Crippen LogP contribution in [-0.2, 0) is 6.61 Å². The van der Waals surface area contributed by atoms with E-state index in [-0.39, 0.29) is 5.56 Å². The van der Waals surface area contributed by atoms with E-state index in [2.05, 4.69) is 11.9 Å². The molecule has 4 rings (SSSR count). The molecule has 0 unspecified atom stereocenters. The first-order valence-electron chi connectivity index (χ1n) is 9.73.